The van der Waals surface area contributed by atoms with E-state index in [0.717, 1.165) is 21.5 Å². The molecule has 0 aliphatic carbocycles. The van der Waals surface area contributed by atoms with E-state index in [1.165, 1.54) is 42.1 Å². The van der Waals surface area contributed by atoms with Crippen LogP contribution in [0.1, 0.15) is 24.0 Å². The Morgan fingerprint density at radius 3 is 2.54 bits per heavy atom. The Morgan fingerprint density at radius 2 is 1.77 bits per heavy atom. The number of rotatable bonds is 6. The van der Waals surface area contributed by atoms with Gasteiger partial charge in [0.05, 0.1) is 10.7 Å². The molecule has 0 bridgehead atoms. The molecule has 0 amide bonds. The molecule has 5 nitrogen and oxygen atoms in total. The summed E-state index contributed by atoms with van der Waals surface area (Å²) in [5.74, 6) is 0. The summed E-state index contributed by atoms with van der Waals surface area (Å²) in [6, 6.07) is 8.67. The molecular formula is C19H23N5S2. The Morgan fingerprint density at radius 1 is 1.00 bits per heavy atom. The zero-order chi connectivity index (χ0) is 17.9. The Balaban J connectivity index is 1.42. The van der Waals surface area contributed by atoms with Crippen LogP contribution >= 0.6 is 22.7 Å². The van der Waals surface area contributed by atoms with E-state index in [2.05, 4.69) is 64.2 Å². The molecule has 0 unspecified atom stereocenters. The van der Waals surface area contributed by atoms with Gasteiger partial charge in [-0.25, -0.2) is 4.98 Å². The number of aryl methyl sites for hydroxylation is 2. The summed E-state index contributed by atoms with van der Waals surface area (Å²) in [7, 11) is 0. The maximum absolute atomic E-state index is 4.29. The molecule has 1 aliphatic rings. The molecule has 26 heavy (non-hydrogen) atoms. The average molecular weight is 386 g/mol. The van der Waals surface area contributed by atoms with Gasteiger partial charge in [0.2, 0.25) is 0 Å². The fourth-order valence-electron chi connectivity index (χ4n) is 3.12. The molecule has 0 radical (unpaired) electrons. The average Bonchev–Trinajstić information content (AvgIpc) is 3.38. The first kappa shape index (κ1) is 17.2. The number of nitrogens with zero attached hydrogens (tertiary/aromatic N) is 2. The summed E-state index contributed by atoms with van der Waals surface area (Å²) in [5, 5.41) is 8.76. The normalized spacial score (nSPS) is 13.8. The lowest BCUT2D eigenvalue weighted by molar-refractivity contribution is 0.949. The number of nitrogens with one attached hydrogen (secondary N) is 3. The Bertz CT molecular complexity index is 866. The van der Waals surface area contributed by atoms with Gasteiger partial charge in [-0.2, -0.15) is 0 Å². The molecular weight excluding hydrogens is 362 g/mol. The lowest BCUT2D eigenvalue weighted by Gasteiger charge is -2.15. The molecule has 1 aliphatic heterocycles. The fraction of sp³-hybridized carbons (Fsp3) is 0.316. The molecule has 1 aromatic carbocycles. The van der Waals surface area contributed by atoms with Gasteiger partial charge in [0.25, 0.3) is 0 Å². The zero-order valence-electron chi connectivity index (χ0n) is 15.0. The maximum Gasteiger partial charge on any atom is 0.187 e. The Kier molecular flexibility index (Phi) is 4.99. The lowest BCUT2D eigenvalue weighted by atomic mass is 10.1. The summed E-state index contributed by atoms with van der Waals surface area (Å²) in [6.07, 6.45) is 4.42. The number of thiophene rings is 1. The molecule has 7 heteroatoms. The van der Waals surface area contributed by atoms with E-state index in [-0.39, 0.29) is 0 Å². The summed E-state index contributed by atoms with van der Waals surface area (Å²) in [6.45, 7) is 6.58. The van der Waals surface area contributed by atoms with E-state index in [9.17, 15) is 0 Å². The third kappa shape index (κ3) is 3.78. The first-order valence-corrected chi connectivity index (χ1v) is 10.5. The number of hydrogen-bond donors (Lipinski definition) is 3. The summed E-state index contributed by atoms with van der Waals surface area (Å²) in [4.78, 5) is 6.76. The van der Waals surface area contributed by atoms with Gasteiger partial charge in [0, 0.05) is 30.4 Å². The molecule has 4 rings (SSSR count). The van der Waals surface area contributed by atoms with Gasteiger partial charge in [0.1, 0.15) is 5.00 Å². The van der Waals surface area contributed by atoms with E-state index in [0.29, 0.717) is 0 Å². The van der Waals surface area contributed by atoms with Crippen molar-refractivity contribution in [1.29, 1.82) is 0 Å². The maximum atomic E-state index is 4.29. The van der Waals surface area contributed by atoms with Gasteiger partial charge in [-0.3, -0.25) is 10.9 Å². The molecule has 1 saturated heterocycles. The first-order valence-electron chi connectivity index (χ1n) is 8.83. The molecule has 3 N–H and O–H groups in total. The molecule has 3 heterocycles. The molecule has 1 fully saturated rings. The van der Waals surface area contributed by atoms with Crippen molar-refractivity contribution in [2.45, 2.75) is 26.7 Å². The Hall–Kier alpha value is -2.25. The van der Waals surface area contributed by atoms with E-state index < -0.39 is 0 Å². The van der Waals surface area contributed by atoms with Crippen molar-refractivity contribution < 1.29 is 0 Å². The lowest BCUT2D eigenvalue weighted by Crippen LogP contribution is -2.15. The van der Waals surface area contributed by atoms with Gasteiger partial charge in [-0.1, -0.05) is 11.3 Å². The van der Waals surface area contributed by atoms with Gasteiger partial charge in [-0.05, 0) is 62.1 Å². The summed E-state index contributed by atoms with van der Waals surface area (Å²) >= 11 is 3.40. The predicted octanol–water partition coefficient (Wildman–Crippen LogP) is 5.60. The molecule has 0 atom stereocenters. The third-order valence-electron chi connectivity index (χ3n) is 4.58. The highest BCUT2D eigenvalue weighted by Crippen LogP contribution is 2.33. The number of hydrogen-bond acceptors (Lipinski definition) is 7. The molecule has 3 aromatic rings. The first-order chi connectivity index (χ1) is 12.7. The smallest absolute Gasteiger partial charge is 0.187 e. The van der Waals surface area contributed by atoms with E-state index in [1.54, 1.807) is 22.7 Å². The third-order valence-corrected chi connectivity index (χ3v) is 6.33. The van der Waals surface area contributed by atoms with E-state index in [4.69, 9.17) is 0 Å². The molecule has 2 aromatic heterocycles. The van der Waals surface area contributed by atoms with Gasteiger partial charge in [-0.15, -0.1) is 11.3 Å². The second kappa shape index (κ2) is 7.55. The number of anilines is 5. The van der Waals surface area contributed by atoms with Crippen LogP contribution in [-0.2, 0) is 0 Å². The molecule has 0 saturated carbocycles. The van der Waals surface area contributed by atoms with Crippen LogP contribution in [0.2, 0.25) is 0 Å². The number of hydrazine groups is 1. The van der Waals surface area contributed by atoms with Crippen LogP contribution in [0.15, 0.2) is 35.8 Å². The van der Waals surface area contributed by atoms with Gasteiger partial charge in [0.15, 0.2) is 5.13 Å². The zero-order valence-corrected chi connectivity index (χ0v) is 16.6. The number of thiazole rings is 1. The molecule has 136 valence electrons. The minimum atomic E-state index is 0.916. The quantitative estimate of drug-likeness (QED) is 0.482. The fourth-order valence-corrected chi connectivity index (χ4v) is 4.57. The number of aromatic nitrogens is 1. The highest BCUT2D eigenvalue weighted by Gasteiger charge is 2.14. The van der Waals surface area contributed by atoms with Gasteiger partial charge >= 0.3 is 0 Å². The number of benzene rings is 1. The van der Waals surface area contributed by atoms with Crippen LogP contribution in [0, 0.1) is 13.8 Å². The van der Waals surface area contributed by atoms with Crippen LogP contribution in [0.3, 0.4) is 0 Å². The second-order valence-electron chi connectivity index (χ2n) is 6.53. The topological polar surface area (TPSA) is 52.2 Å². The highest BCUT2D eigenvalue weighted by molar-refractivity contribution is 7.20. The summed E-state index contributed by atoms with van der Waals surface area (Å²) < 4.78 is 0. The largest absolute Gasteiger partial charge is 0.363 e. The van der Waals surface area contributed by atoms with Crippen molar-refractivity contribution in [2.75, 3.05) is 34.2 Å². The molecule has 0 spiro atoms. The summed E-state index contributed by atoms with van der Waals surface area (Å²) in [5.41, 5.74) is 11.2. The van der Waals surface area contributed by atoms with Crippen molar-refractivity contribution in [3.05, 3.63) is 47.0 Å². The highest BCUT2D eigenvalue weighted by atomic mass is 32.1. The van der Waals surface area contributed by atoms with E-state index >= 15 is 0 Å². The van der Waals surface area contributed by atoms with Crippen molar-refractivity contribution in [1.82, 2.24) is 4.98 Å². The van der Waals surface area contributed by atoms with Crippen LogP contribution in [0.25, 0.3) is 0 Å². The van der Waals surface area contributed by atoms with Crippen LogP contribution in [0.4, 0.5) is 26.5 Å². The van der Waals surface area contributed by atoms with Crippen molar-refractivity contribution in [3.63, 3.8) is 0 Å². The monoisotopic (exact) mass is 385 g/mol. The van der Waals surface area contributed by atoms with Crippen molar-refractivity contribution in [3.8, 4) is 0 Å². The minimum Gasteiger partial charge on any atom is -0.363 e. The van der Waals surface area contributed by atoms with Crippen LogP contribution < -0.4 is 21.1 Å². The Labute approximate surface area is 162 Å². The SMILES string of the molecule is Cc1cc(Nc2nccs2)c(C)cc1NNc1ccc(N2CCCC2)s1. The van der Waals surface area contributed by atoms with Gasteiger partial charge < -0.3 is 10.2 Å². The van der Waals surface area contributed by atoms with Crippen molar-refractivity contribution >= 4 is 49.2 Å². The van der Waals surface area contributed by atoms with Crippen molar-refractivity contribution in [2.24, 2.45) is 0 Å². The second-order valence-corrected chi connectivity index (χ2v) is 8.48. The van der Waals surface area contributed by atoms with Crippen LogP contribution in [-0.4, -0.2) is 18.1 Å². The standard InChI is InChI=1S/C19H23N5S2/c1-13-12-16(14(2)11-15(13)21-19-20-7-10-25-19)22-23-17-5-6-18(26-17)24-8-3-4-9-24/h5-7,10-12,22-23H,3-4,8-9H2,1-2H3,(H,20,21). The predicted molar refractivity (Wildman–Crippen MR) is 114 cm³/mol. The minimum absolute atomic E-state index is 0.916. The van der Waals surface area contributed by atoms with E-state index in [1.807, 2.05) is 11.6 Å². The van der Waals surface area contributed by atoms with Crippen LogP contribution in [0.5, 0.6) is 0 Å².